The Kier molecular flexibility index (Phi) is 30.2. The smallest absolute Gasteiger partial charge is 0.748 e. The van der Waals surface area contributed by atoms with Crippen molar-refractivity contribution in [1.29, 1.82) is 0 Å². The number of aliphatic carboxylic acids is 1. The van der Waals surface area contributed by atoms with Crippen LogP contribution in [0.3, 0.4) is 0 Å². The molecule has 1 atom stereocenters. The van der Waals surface area contributed by atoms with E-state index >= 15 is 0 Å². The number of rotatable bonds is 17. The fraction of sp³-hybridized carbons (Fsp3) is 0.889. The molecule has 1 unspecified atom stereocenters. The fourth-order valence-corrected chi connectivity index (χ4v) is 3.31. The van der Waals surface area contributed by atoms with Gasteiger partial charge in [-0.25, -0.2) is 8.42 Å². The van der Waals surface area contributed by atoms with E-state index < -0.39 is 56.2 Å². The number of carbonyl (C=O) groups excluding carboxylic acids is 2. The molecule has 0 radical (unpaired) electrons. The van der Waals surface area contributed by atoms with Crippen molar-refractivity contribution in [1.82, 2.24) is 0 Å². The number of esters is 1. The van der Waals surface area contributed by atoms with Crippen molar-refractivity contribution in [2.24, 2.45) is 0 Å². The molecule has 2 N–H and O–H groups in total. The Morgan fingerprint density at radius 1 is 0.879 bits per heavy atom. The number of carboxylic acids is 1. The molecule has 0 aliphatic heterocycles. The largest absolute Gasteiger partial charge is 1.00 e. The number of aliphatic hydroxyl groups is 1. The maximum Gasteiger partial charge on any atom is 1.00 e. The Labute approximate surface area is 241 Å². The van der Waals surface area contributed by atoms with Crippen LogP contribution in [0.1, 0.15) is 77.6 Å². The molecule has 0 fully saturated rings. The summed E-state index contributed by atoms with van der Waals surface area (Å²) in [5.74, 6) is -3.68. The Hall–Kier alpha value is 0.720. The first-order chi connectivity index (χ1) is 14.3. The number of aliphatic hydroxyl groups excluding tert-OH is 1. The molecular weight excluding hydrogens is 502 g/mol. The Balaban J connectivity index is -0.000000404. The van der Waals surface area contributed by atoms with Crippen LogP contribution in [-0.2, 0) is 34.6 Å². The van der Waals surface area contributed by atoms with E-state index in [1.807, 2.05) is 0 Å². The second-order valence-electron chi connectivity index (χ2n) is 6.91. The van der Waals surface area contributed by atoms with Gasteiger partial charge in [-0.3, -0.25) is 9.35 Å². The van der Waals surface area contributed by atoms with Gasteiger partial charge in [-0.05, 0) is 6.42 Å². The summed E-state index contributed by atoms with van der Waals surface area (Å²) in [5.41, 5.74) is 0. The van der Waals surface area contributed by atoms with Crippen molar-refractivity contribution in [2.45, 2.75) is 82.8 Å². The van der Waals surface area contributed by atoms with Crippen LogP contribution in [0.25, 0.3) is 0 Å². The summed E-state index contributed by atoms with van der Waals surface area (Å²) in [6.07, 6.45) is 9.90. The summed E-state index contributed by atoms with van der Waals surface area (Å²) in [7, 11) is -8.99. The molecule has 15 heteroatoms. The SMILES string of the molecule is CCCCCCCCCCCCOC(=O)C(CC(=O)[O-])S(=O)(=O)O.O=S(=O)([O-])CCO.[Na+].[Na+]. The summed E-state index contributed by atoms with van der Waals surface area (Å²) < 4.78 is 64.1. The average molecular weight is 537 g/mol. The molecule has 0 amide bonds. The molecule has 0 rings (SSSR count). The molecule has 186 valence electrons. The second kappa shape index (κ2) is 24.4. The first-order valence-corrected chi connectivity index (χ1v) is 13.3. The third-order valence-corrected chi connectivity index (χ3v) is 5.82. The van der Waals surface area contributed by atoms with Crippen LogP contribution in [-0.4, -0.2) is 67.2 Å². The number of hydrogen-bond acceptors (Lipinski definition) is 10. The van der Waals surface area contributed by atoms with E-state index in [0.29, 0.717) is 6.42 Å². The molecule has 0 spiro atoms. The summed E-state index contributed by atoms with van der Waals surface area (Å²) in [6.45, 7) is 1.60. The van der Waals surface area contributed by atoms with Gasteiger partial charge in [-0.1, -0.05) is 64.7 Å². The van der Waals surface area contributed by atoms with Crippen LogP contribution in [0.4, 0.5) is 0 Å². The van der Waals surface area contributed by atoms with E-state index in [4.69, 9.17) is 14.4 Å². The van der Waals surface area contributed by atoms with E-state index in [0.717, 1.165) is 19.3 Å². The molecule has 0 heterocycles. The van der Waals surface area contributed by atoms with Gasteiger partial charge in [0.2, 0.25) is 0 Å². The number of ether oxygens (including phenoxy) is 1. The number of carboxylic acid groups (broad SMARTS) is 1. The van der Waals surface area contributed by atoms with Crippen LogP contribution < -0.4 is 64.2 Å². The summed E-state index contributed by atoms with van der Waals surface area (Å²) in [6, 6.07) is 0. The number of carbonyl (C=O) groups is 2. The number of hydrogen-bond donors (Lipinski definition) is 2. The predicted molar refractivity (Wildman–Crippen MR) is 109 cm³/mol. The Morgan fingerprint density at radius 2 is 1.30 bits per heavy atom. The average Bonchev–Trinajstić information content (AvgIpc) is 2.62. The zero-order chi connectivity index (χ0) is 24.3. The molecule has 0 aliphatic carbocycles. The molecule has 0 saturated heterocycles. The van der Waals surface area contributed by atoms with Gasteiger partial charge in [-0.2, -0.15) is 8.42 Å². The van der Waals surface area contributed by atoms with Crippen molar-refractivity contribution in [3.63, 3.8) is 0 Å². The topological polar surface area (TPSA) is 198 Å². The van der Waals surface area contributed by atoms with Gasteiger partial charge in [0.1, 0.15) is 0 Å². The third-order valence-electron chi connectivity index (χ3n) is 4.06. The van der Waals surface area contributed by atoms with E-state index in [9.17, 15) is 36.1 Å². The van der Waals surface area contributed by atoms with Crippen molar-refractivity contribution >= 4 is 32.2 Å². The van der Waals surface area contributed by atoms with Gasteiger partial charge in [0.05, 0.1) is 29.1 Å². The summed E-state index contributed by atoms with van der Waals surface area (Å²) in [5, 5.41) is 16.1. The second-order valence-corrected chi connectivity index (χ2v) is 10.0. The van der Waals surface area contributed by atoms with E-state index in [1.165, 1.54) is 38.5 Å². The monoisotopic (exact) mass is 536 g/mol. The van der Waals surface area contributed by atoms with Crippen molar-refractivity contribution in [2.75, 3.05) is 19.0 Å². The van der Waals surface area contributed by atoms with Crippen LogP contribution >= 0.6 is 0 Å². The minimum absolute atomic E-state index is 0. The molecule has 0 aromatic rings. The maximum atomic E-state index is 11.5. The quantitative estimate of drug-likeness (QED) is 0.0777. The fourth-order valence-electron chi connectivity index (χ4n) is 2.43. The standard InChI is InChI=1S/C16H30O7S.C2H6O4S.2Na/c1-2-3-4-5-6-7-8-9-10-11-12-23-16(19)14(13-15(17)18)24(20,21)22;3-1-2-7(4,5)6;;/h14H,2-13H2,1H3,(H,17,18)(H,20,21,22);3H,1-2H2,(H,4,5,6);;/q;;2*+1/p-2. The third kappa shape index (κ3) is 30.7. The van der Waals surface area contributed by atoms with Gasteiger partial charge >= 0.3 is 65.1 Å². The Morgan fingerprint density at radius 3 is 1.61 bits per heavy atom. The maximum absolute atomic E-state index is 11.5. The first kappa shape index (κ1) is 40.9. The zero-order valence-corrected chi connectivity index (χ0v) is 25.5. The molecular formula is C18H34Na2O11S2. The molecule has 0 saturated carbocycles. The van der Waals surface area contributed by atoms with E-state index in [-0.39, 0.29) is 65.7 Å². The van der Waals surface area contributed by atoms with Crippen molar-refractivity contribution in [3.8, 4) is 0 Å². The summed E-state index contributed by atoms with van der Waals surface area (Å²) >= 11 is 0. The normalized spacial score (nSPS) is 11.8. The van der Waals surface area contributed by atoms with Gasteiger partial charge in [0, 0.05) is 12.4 Å². The van der Waals surface area contributed by atoms with Crippen LogP contribution in [0.2, 0.25) is 0 Å². The molecule has 0 aliphatic rings. The molecule has 0 bridgehead atoms. The first-order valence-electron chi connectivity index (χ1n) is 10.2. The Bertz CT molecular complexity index is 698. The van der Waals surface area contributed by atoms with Crippen molar-refractivity contribution in [3.05, 3.63) is 0 Å². The van der Waals surface area contributed by atoms with Gasteiger partial charge < -0.3 is 24.3 Å². The predicted octanol–water partition coefficient (Wildman–Crippen LogP) is -5.62. The van der Waals surface area contributed by atoms with E-state index in [1.54, 1.807) is 0 Å². The van der Waals surface area contributed by atoms with Gasteiger partial charge in [0.25, 0.3) is 10.1 Å². The minimum atomic E-state index is -4.82. The zero-order valence-electron chi connectivity index (χ0n) is 19.9. The van der Waals surface area contributed by atoms with E-state index in [2.05, 4.69) is 6.92 Å². The number of unbranched alkanes of at least 4 members (excludes halogenated alkanes) is 9. The van der Waals surface area contributed by atoms with Crippen molar-refractivity contribution < 1.29 is 110 Å². The molecule has 11 nitrogen and oxygen atoms in total. The molecule has 0 aromatic heterocycles. The molecule has 33 heavy (non-hydrogen) atoms. The van der Waals surface area contributed by atoms with Crippen LogP contribution in [0.15, 0.2) is 0 Å². The van der Waals surface area contributed by atoms with Crippen LogP contribution in [0.5, 0.6) is 0 Å². The van der Waals surface area contributed by atoms with Gasteiger partial charge in [0.15, 0.2) is 5.25 Å². The summed E-state index contributed by atoms with van der Waals surface area (Å²) in [4.78, 5) is 22.0. The van der Waals surface area contributed by atoms with Gasteiger partial charge in [-0.15, -0.1) is 0 Å². The minimum Gasteiger partial charge on any atom is -0.748 e. The molecule has 0 aromatic carbocycles. The van der Waals surface area contributed by atoms with Crippen LogP contribution in [0, 0.1) is 0 Å².